The zero-order valence-corrected chi connectivity index (χ0v) is 16.6. The van der Waals surface area contributed by atoms with E-state index in [2.05, 4.69) is 26.0 Å². The maximum Gasteiger partial charge on any atom is 0.490 e. The minimum atomic E-state index is -5.08. The maximum absolute atomic E-state index is 12.6. The summed E-state index contributed by atoms with van der Waals surface area (Å²) in [5, 5.41) is 9.19. The molecule has 4 heterocycles. The van der Waals surface area contributed by atoms with Crippen LogP contribution in [0.4, 0.5) is 13.2 Å². The summed E-state index contributed by atoms with van der Waals surface area (Å²) >= 11 is 1.71. The molecule has 158 valence electrons. The summed E-state index contributed by atoms with van der Waals surface area (Å²) in [5.41, 5.74) is 2.78. The molecular formula is C19H17F3N4O3S. The molecule has 1 amide bonds. The second-order valence-corrected chi connectivity index (χ2v) is 7.42. The van der Waals surface area contributed by atoms with Crippen LogP contribution >= 0.6 is 11.3 Å². The summed E-state index contributed by atoms with van der Waals surface area (Å²) in [7, 11) is 0. The van der Waals surface area contributed by atoms with E-state index >= 15 is 0 Å². The van der Waals surface area contributed by atoms with E-state index in [0.29, 0.717) is 18.7 Å². The highest BCUT2D eigenvalue weighted by Gasteiger charge is 2.38. The lowest BCUT2D eigenvalue weighted by molar-refractivity contribution is -0.192. The molecule has 3 aromatic rings. The highest BCUT2D eigenvalue weighted by molar-refractivity contribution is 7.13. The minimum Gasteiger partial charge on any atom is -0.475 e. The number of carbonyl (C=O) groups is 2. The predicted octanol–water partition coefficient (Wildman–Crippen LogP) is 3.60. The third-order valence-corrected chi connectivity index (χ3v) is 5.18. The smallest absolute Gasteiger partial charge is 0.475 e. The number of aryl methyl sites for hydroxylation is 1. The third kappa shape index (κ3) is 4.85. The average molecular weight is 438 g/mol. The van der Waals surface area contributed by atoms with Crippen molar-refractivity contribution in [3.8, 4) is 10.6 Å². The number of fused-ring (bicyclic) bond motifs is 1. The van der Waals surface area contributed by atoms with E-state index < -0.39 is 12.1 Å². The van der Waals surface area contributed by atoms with Gasteiger partial charge in [0, 0.05) is 25.5 Å². The third-order valence-electron chi connectivity index (χ3n) is 4.29. The molecule has 4 rings (SSSR count). The molecule has 0 radical (unpaired) electrons. The molecule has 0 aromatic carbocycles. The van der Waals surface area contributed by atoms with Crippen LogP contribution in [0.5, 0.6) is 0 Å². The van der Waals surface area contributed by atoms with Gasteiger partial charge in [0.05, 0.1) is 28.9 Å². The summed E-state index contributed by atoms with van der Waals surface area (Å²) in [4.78, 5) is 33.2. The summed E-state index contributed by atoms with van der Waals surface area (Å²) in [6, 6.07) is 6.03. The van der Waals surface area contributed by atoms with Gasteiger partial charge in [0.25, 0.3) is 5.91 Å². The van der Waals surface area contributed by atoms with E-state index in [1.165, 1.54) is 4.88 Å². The van der Waals surface area contributed by atoms with Crippen molar-refractivity contribution in [2.45, 2.75) is 26.2 Å². The summed E-state index contributed by atoms with van der Waals surface area (Å²) < 4.78 is 33.9. The molecule has 7 nitrogen and oxygen atoms in total. The van der Waals surface area contributed by atoms with Crippen molar-refractivity contribution in [3.63, 3.8) is 0 Å². The van der Waals surface area contributed by atoms with E-state index in [9.17, 15) is 18.0 Å². The first-order chi connectivity index (χ1) is 14.2. The number of imidazole rings is 1. The molecule has 3 aromatic heterocycles. The molecule has 1 aliphatic rings. The van der Waals surface area contributed by atoms with Gasteiger partial charge >= 0.3 is 12.1 Å². The number of rotatable bonds is 2. The van der Waals surface area contributed by atoms with E-state index in [0.717, 1.165) is 23.6 Å². The van der Waals surface area contributed by atoms with Gasteiger partial charge in [-0.15, -0.1) is 11.3 Å². The Hall–Kier alpha value is -3.21. The monoisotopic (exact) mass is 438 g/mol. The number of hydrogen-bond acceptors (Lipinski definition) is 5. The Morgan fingerprint density at radius 3 is 2.53 bits per heavy atom. The van der Waals surface area contributed by atoms with Gasteiger partial charge in [0.1, 0.15) is 5.82 Å². The zero-order chi connectivity index (χ0) is 21.9. The van der Waals surface area contributed by atoms with Gasteiger partial charge in [-0.05, 0) is 30.0 Å². The van der Waals surface area contributed by atoms with Crippen molar-refractivity contribution in [3.05, 3.63) is 59.1 Å². The SMILES string of the molecule is Cc1cncc(C(=O)N2CCn3c(-c4cccs4)cnc3C2)c1.O=C(O)C(F)(F)F. The number of aliphatic carboxylic acids is 1. The van der Waals surface area contributed by atoms with Crippen LogP contribution in [-0.2, 0) is 17.9 Å². The molecule has 30 heavy (non-hydrogen) atoms. The van der Waals surface area contributed by atoms with Crippen LogP contribution in [0.25, 0.3) is 10.6 Å². The van der Waals surface area contributed by atoms with Crippen molar-refractivity contribution in [2.24, 2.45) is 0 Å². The first-order valence-corrected chi connectivity index (χ1v) is 9.64. The number of amides is 1. The molecule has 0 saturated carbocycles. The van der Waals surface area contributed by atoms with Gasteiger partial charge in [-0.25, -0.2) is 9.78 Å². The first kappa shape index (κ1) is 21.5. The lowest BCUT2D eigenvalue weighted by atomic mass is 10.2. The molecular weight excluding hydrogens is 421 g/mol. The van der Waals surface area contributed by atoms with Crippen molar-refractivity contribution in [2.75, 3.05) is 6.54 Å². The summed E-state index contributed by atoms with van der Waals surface area (Å²) in [6.07, 6.45) is 0.212. The molecule has 11 heteroatoms. The van der Waals surface area contributed by atoms with Crippen molar-refractivity contribution in [1.29, 1.82) is 0 Å². The second-order valence-electron chi connectivity index (χ2n) is 6.47. The molecule has 0 spiro atoms. The number of alkyl halides is 3. The number of pyridine rings is 1. The Kier molecular flexibility index (Phi) is 6.20. The van der Waals surface area contributed by atoms with E-state index in [1.807, 2.05) is 30.2 Å². The van der Waals surface area contributed by atoms with Crippen molar-refractivity contribution in [1.82, 2.24) is 19.4 Å². The summed E-state index contributed by atoms with van der Waals surface area (Å²) in [6.45, 7) is 3.94. The fourth-order valence-electron chi connectivity index (χ4n) is 2.91. The number of thiophene rings is 1. The van der Waals surface area contributed by atoms with Crippen molar-refractivity contribution >= 4 is 23.2 Å². The van der Waals surface area contributed by atoms with Crippen LogP contribution in [0.1, 0.15) is 21.7 Å². The lowest BCUT2D eigenvalue weighted by Crippen LogP contribution is -2.38. The second kappa shape index (κ2) is 8.66. The normalized spacial score (nSPS) is 13.3. The van der Waals surface area contributed by atoms with Gasteiger partial charge < -0.3 is 14.6 Å². The zero-order valence-electron chi connectivity index (χ0n) is 15.8. The van der Waals surface area contributed by atoms with E-state index in [4.69, 9.17) is 9.90 Å². The van der Waals surface area contributed by atoms with Crippen LogP contribution in [0.15, 0.2) is 42.2 Å². The van der Waals surface area contributed by atoms with E-state index in [1.54, 1.807) is 23.7 Å². The predicted molar refractivity (Wildman–Crippen MR) is 103 cm³/mol. The van der Waals surface area contributed by atoms with Gasteiger partial charge in [-0.3, -0.25) is 9.78 Å². The fourth-order valence-corrected chi connectivity index (χ4v) is 3.65. The highest BCUT2D eigenvalue weighted by Crippen LogP contribution is 2.28. The Morgan fingerprint density at radius 1 is 1.20 bits per heavy atom. The number of carboxylic acids is 1. The molecule has 0 bridgehead atoms. The number of carboxylic acid groups (broad SMARTS) is 1. The summed E-state index contributed by atoms with van der Waals surface area (Å²) in [5.74, 6) is -1.80. The largest absolute Gasteiger partial charge is 0.490 e. The Bertz CT molecular complexity index is 1050. The van der Waals surface area contributed by atoms with Crippen LogP contribution in [0.2, 0.25) is 0 Å². The topological polar surface area (TPSA) is 88.3 Å². The van der Waals surface area contributed by atoms with Crippen molar-refractivity contribution < 1.29 is 27.9 Å². The van der Waals surface area contributed by atoms with Crippen LogP contribution in [0.3, 0.4) is 0 Å². The standard InChI is InChI=1S/C17H16N4OS.C2HF3O2/c1-12-7-13(9-18-8-12)17(22)20-4-5-21-14(10-19-16(21)11-20)15-3-2-6-23-15;3-2(4,5)1(6)7/h2-3,6-10H,4-5,11H2,1H3;(H,6,7). The van der Waals surface area contributed by atoms with Crippen LogP contribution in [0, 0.1) is 6.92 Å². The molecule has 0 aliphatic carbocycles. The molecule has 0 unspecified atom stereocenters. The average Bonchev–Trinajstić information content (AvgIpc) is 3.36. The number of hydrogen-bond donors (Lipinski definition) is 1. The first-order valence-electron chi connectivity index (χ1n) is 8.76. The number of nitrogens with zero attached hydrogens (tertiary/aromatic N) is 4. The van der Waals surface area contributed by atoms with Gasteiger partial charge in [-0.1, -0.05) is 6.07 Å². The number of halogens is 3. The Morgan fingerprint density at radius 2 is 1.93 bits per heavy atom. The van der Waals surface area contributed by atoms with Gasteiger partial charge in [0.15, 0.2) is 0 Å². The fraction of sp³-hybridized carbons (Fsp3) is 0.263. The van der Waals surface area contributed by atoms with Crippen LogP contribution in [-0.4, -0.2) is 49.1 Å². The lowest BCUT2D eigenvalue weighted by Gasteiger charge is -2.28. The number of carbonyl (C=O) groups excluding carboxylic acids is 1. The molecule has 0 fully saturated rings. The Labute approximate surface area is 173 Å². The minimum absolute atomic E-state index is 0.0214. The van der Waals surface area contributed by atoms with Gasteiger partial charge in [-0.2, -0.15) is 13.2 Å². The Balaban J connectivity index is 0.000000318. The number of aromatic nitrogens is 3. The molecule has 0 atom stereocenters. The molecule has 1 aliphatic heterocycles. The highest BCUT2D eigenvalue weighted by atomic mass is 32.1. The molecule has 1 N–H and O–H groups in total. The quantitative estimate of drug-likeness (QED) is 0.661. The maximum atomic E-state index is 12.6. The molecule has 0 saturated heterocycles. The van der Waals surface area contributed by atoms with E-state index in [-0.39, 0.29) is 5.91 Å². The van der Waals surface area contributed by atoms with Crippen LogP contribution < -0.4 is 0 Å². The van der Waals surface area contributed by atoms with Gasteiger partial charge in [0.2, 0.25) is 0 Å².